The molecule has 1 aromatic rings. The van der Waals surface area contributed by atoms with E-state index in [0.717, 1.165) is 37.3 Å². The minimum absolute atomic E-state index is 1.04. The first-order valence-electron chi connectivity index (χ1n) is 11.4. The van der Waals surface area contributed by atoms with E-state index in [1.54, 1.807) is 0 Å². The fraction of sp³-hybridized carbons (Fsp3) is 0.667. The van der Waals surface area contributed by atoms with E-state index in [9.17, 15) is 0 Å². The first kappa shape index (κ1) is 24.2. The highest BCUT2D eigenvalue weighted by Crippen LogP contribution is 2.05. The second kappa shape index (κ2) is 16.1. The second-order valence-electron chi connectivity index (χ2n) is 7.48. The van der Waals surface area contributed by atoms with Crippen molar-refractivity contribution in [2.75, 3.05) is 26.2 Å². The van der Waals surface area contributed by atoms with Crippen LogP contribution < -0.4 is 0 Å². The van der Waals surface area contributed by atoms with Crippen molar-refractivity contribution in [1.29, 1.82) is 0 Å². The Kier molecular flexibility index (Phi) is 14.0. The smallest absolute Gasteiger partial charge is 0.0542 e. The molecule has 0 radical (unpaired) electrons. The number of hydrazone groups is 2. The number of hydrogen-bond acceptors (Lipinski definition) is 4. The molecule has 28 heavy (non-hydrogen) atoms. The van der Waals surface area contributed by atoms with Crippen LogP contribution in [0.2, 0.25) is 0 Å². The summed E-state index contributed by atoms with van der Waals surface area (Å²) in [4.78, 5) is 0. The lowest BCUT2D eigenvalue weighted by Crippen LogP contribution is -2.20. The first-order valence-corrected chi connectivity index (χ1v) is 11.4. The Morgan fingerprint density at radius 2 is 0.857 bits per heavy atom. The summed E-state index contributed by atoms with van der Waals surface area (Å²) in [5.74, 6) is 0. The summed E-state index contributed by atoms with van der Waals surface area (Å²) >= 11 is 0. The quantitative estimate of drug-likeness (QED) is 0.252. The van der Waals surface area contributed by atoms with Crippen molar-refractivity contribution in [3.8, 4) is 0 Å². The maximum absolute atomic E-state index is 4.71. The van der Waals surface area contributed by atoms with E-state index in [4.69, 9.17) is 10.2 Å². The van der Waals surface area contributed by atoms with Crippen molar-refractivity contribution >= 4 is 12.4 Å². The molecule has 0 bridgehead atoms. The van der Waals surface area contributed by atoms with Crippen LogP contribution in [0, 0.1) is 0 Å². The molecule has 0 fully saturated rings. The fourth-order valence-corrected chi connectivity index (χ4v) is 2.78. The van der Waals surface area contributed by atoms with Crippen molar-refractivity contribution in [3.63, 3.8) is 0 Å². The van der Waals surface area contributed by atoms with Crippen LogP contribution in [0.1, 0.15) is 90.2 Å². The van der Waals surface area contributed by atoms with Crippen molar-refractivity contribution in [3.05, 3.63) is 35.4 Å². The highest BCUT2D eigenvalue weighted by atomic mass is 15.4. The van der Waals surface area contributed by atoms with Crippen molar-refractivity contribution in [1.82, 2.24) is 10.0 Å². The molecule has 0 saturated heterocycles. The maximum atomic E-state index is 4.71. The molecule has 0 aromatic heterocycles. The van der Waals surface area contributed by atoms with Gasteiger partial charge in [0.2, 0.25) is 0 Å². The van der Waals surface area contributed by atoms with Gasteiger partial charge in [-0.3, -0.25) is 10.0 Å². The molecule has 0 spiro atoms. The molecule has 0 amide bonds. The molecule has 0 atom stereocenters. The average Bonchev–Trinajstić information content (AvgIpc) is 2.73. The van der Waals surface area contributed by atoms with Crippen molar-refractivity contribution < 1.29 is 0 Å². The number of rotatable bonds is 16. The molecule has 0 aliphatic heterocycles. The van der Waals surface area contributed by atoms with Crippen LogP contribution >= 0.6 is 0 Å². The molecule has 158 valence electrons. The highest BCUT2D eigenvalue weighted by molar-refractivity contribution is 5.83. The van der Waals surface area contributed by atoms with Crippen LogP contribution in [0.3, 0.4) is 0 Å². The number of unbranched alkanes of at least 4 members (excludes halogenated alkanes) is 4. The lowest BCUT2D eigenvalue weighted by molar-refractivity contribution is 0.280. The van der Waals surface area contributed by atoms with E-state index in [-0.39, 0.29) is 0 Å². The Labute approximate surface area is 173 Å². The van der Waals surface area contributed by atoms with Gasteiger partial charge in [-0.05, 0) is 36.8 Å². The van der Waals surface area contributed by atoms with Crippen LogP contribution in [-0.2, 0) is 0 Å². The number of nitrogens with zero attached hydrogens (tertiary/aromatic N) is 4. The van der Waals surface area contributed by atoms with Crippen LogP contribution in [-0.4, -0.2) is 48.6 Å². The van der Waals surface area contributed by atoms with Gasteiger partial charge in [-0.1, -0.05) is 77.6 Å². The standard InChI is InChI=1S/C24H42N4/c1-5-9-17-27(18-10-6-2)25-21-23-13-15-24(16-14-23)22-26-28(19-11-7-3)20-12-8-4/h13-16,21-22H,5-12,17-20H2,1-4H3. The van der Waals surface area contributed by atoms with Gasteiger partial charge < -0.3 is 0 Å². The van der Waals surface area contributed by atoms with Crippen LogP contribution in [0.5, 0.6) is 0 Å². The maximum Gasteiger partial charge on any atom is 0.0542 e. The second-order valence-corrected chi connectivity index (χ2v) is 7.48. The van der Waals surface area contributed by atoms with Gasteiger partial charge in [0.25, 0.3) is 0 Å². The van der Waals surface area contributed by atoms with E-state index < -0.39 is 0 Å². The summed E-state index contributed by atoms with van der Waals surface area (Å²) < 4.78 is 0. The minimum Gasteiger partial charge on any atom is -0.297 e. The Balaban J connectivity index is 2.64. The Morgan fingerprint density at radius 3 is 1.11 bits per heavy atom. The van der Waals surface area contributed by atoms with Gasteiger partial charge in [0.1, 0.15) is 0 Å². The zero-order valence-electron chi connectivity index (χ0n) is 18.7. The number of benzene rings is 1. The number of hydrogen-bond donors (Lipinski definition) is 0. The predicted molar refractivity (Wildman–Crippen MR) is 124 cm³/mol. The van der Waals surface area contributed by atoms with Gasteiger partial charge in [-0.2, -0.15) is 10.2 Å². The van der Waals surface area contributed by atoms with Gasteiger partial charge in [0.15, 0.2) is 0 Å². The molecule has 0 saturated carbocycles. The van der Waals surface area contributed by atoms with Gasteiger partial charge in [0, 0.05) is 26.2 Å². The lowest BCUT2D eigenvalue weighted by atomic mass is 10.2. The van der Waals surface area contributed by atoms with Crippen LogP contribution in [0.4, 0.5) is 0 Å². The van der Waals surface area contributed by atoms with E-state index in [1.807, 2.05) is 12.4 Å². The summed E-state index contributed by atoms with van der Waals surface area (Å²) in [7, 11) is 0. The minimum atomic E-state index is 1.04. The summed E-state index contributed by atoms with van der Waals surface area (Å²) in [6.45, 7) is 13.1. The topological polar surface area (TPSA) is 31.2 Å². The summed E-state index contributed by atoms with van der Waals surface area (Å²) in [5, 5.41) is 13.8. The summed E-state index contributed by atoms with van der Waals surface area (Å²) in [6, 6.07) is 8.52. The van der Waals surface area contributed by atoms with Gasteiger partial charge in [-0.25, -0.2) is 0 Å². The fourth-order valence-electron chi connectivity index (χ4n) is 2.78. The lowest BCUT2D eigenvalue weighted by Gasteiger charge is -2.18. The molecular formula is C24H42N4. The predicted octanol–water partition coefficient (Wildman–Crippen LogP) is 6.16. The average molecular weight is 387 g/mol. The molecule has 0 N–H and O–H groups in total. The molecule has 4 nitrogen and oxygen atoms in total. The largest absolute Gasteiger partial charge is 0.297 e. The molecule has 1 rings (SSSR count). The molecule has 4 heteroatoms. The van der Waals surface area contributed by atoms with Crippen molar-refractivity contribution in [2.45, 2.75) is 79.1 Å². The zero-order valence-corrected chi connectivity index (χ0v) is 18.7. The first-order chi connectivity index (χ1) is 13.7. The zero-order chi connectivity index (χ0) is 20.5. The van der Waals surface area contributed by atoms with E-state index in [1.165, 1.54) is 51.4 Å². The molecule has 0 unspecified atom stereocenters. The Hall–Kier alpha value is -1.84. The normalized spacial score (nSPS) is 11.6. The summed E-state index contributed by atoms with van der Waals surface area (Å²) in [5.41, 5.74) is 2.29. The third kappa shape index (κ3) is 11.1. The third-order valence-electron chi connectivity index (χ3n) is 4.76. The van der Waals surface area contributed by atoms with E-state index >= 15 is 0 Å². The Morgan fingerprint density at radius 1 is 0.571 bits per heavy atom. The SMILES string of the molecule is CCCCN(CCCC)N=Cc1ccc(C=NN(CCCC)CCCC)cc1. The molecular weight excluding hydrogens is 344 g/mol. The van der Waals surface area contributed by atoms with E-state index in [0.29, 0.717) is 0 Å². The third-order valence-corrected chi connectivity index (χ3v) is 4.76. The van der Waals surface area contributed by atoms with Crippen molar-refractivity contribution in [2.24, 2.45) is 10.2 Å². The van der Waals surface area contributed by atoms with Gasteiger partial charge in [-0.15, -0.1) is 0 Å². The summed E-state index contributed by atoms with van der Waals surface area (Å²) in [6.07, 6.45) is 13.6. The van der Waals surface area contributed by atoms with E-state index in [2.05, 4.69) is 62.0 Å². The van der Waals surface area contributed by atoms with Crippen LogP contribution in [0.15, 0.2) is 34.5 Å². The van der Waals surface area contributed by atoms with Gasteiger partial charge in [0.05, 0.1) is 12.4 Å². The monoisotopic (exact) mass is 386 g/mol. The molecule has 0 aliphatic carbocycles. The molecule has 0 aliphatic rings. The Bertz CT molecular complexity index is 471. The van der Waals surface area contributed by atoms with Crippen LogP contribution in [0.25, 0.3) is 0 Å². The molecule has 0 heterocycles. The van der Waals surface area contributed by atoms with Gasteiger partial charge >= 0.3 is 0 Å². The highest BCUT2D eigenvalue weighted by Gasteiger charge is 2.01. The molecule has 1 aromatic carbocycles.